The molecular formula is C13H17N3O. The standard InChI is InChI=1S/C13H17N3O/c1-9-3-4-12(10(2)5-9)17-8-13-15-7-11(6-14)16-13/h3-5,7H,6,8,14H2,1-2H3,(H,15,16). The largest absolute Gasteiger partial charge is 0.485 e. The molecule has 3 N–H and O–H groups in total. The molecule has 1 heterocycles. The van der Waals surface area contributed by atoms with Crippen molar-refractivity contribution in [2.45, 2.75) is 27.0 Å². The minimum absolute atomic E-state index is 0.434. The topological polar surface area (TPSA) is 63.9 Å². The average molecular weight is 231 g/mol. The van der Waals surface area contributed by atoms with Gasteiger partial charge in [0.25, 0.3) is 0 Å². The van der Waals surface area contributed by atoms with Crippen LogP contribution in [0.4, 0.5) is 0 Å². The third-order valence-corrected chi connectivity index (χ3v) is 2.60. The van der Waals surface area contributed by atoms with Crippen LogP contribution in [0.2, 0.25) is 0 Å². The number of imidazole rings is 1. The van der Waals surface area contributed by atoms with Gasteiger partial charge in [-0.2, -0.15) is 0 Å². The number of benzene rings is 1. The molecule has 2 rings (SSSR count). The summed E-state index contributed by atoms with van der Waals surface area (Å²) in [7, 11) is 0. The number of aromatic amines is 1. The van der Waals surface area contributed by atoms with Crippen LogP contribution in [0.15, 0.2) is 24.4 Å². The van der Waals surface area contributed by atoms with Crippen molar-refractivity contribution >= 4 is 0 Å². The first-order valence-electron chi connectivity index (χ1n) is 5.62. The summed E-state index contributed by atoms with van der Waals surface area (Å²) in [5, 5.41) is 0. The highest BCUT2D eigenvalue weighted by molar-refractivity contribution is 5.35. The third kappa shape index (κ3) is 2.85. The van der Waals surface area contributed by atoms with Gasteiger partial charge in [0.2, 0.25) is 0 Å². The number of nitrogens with zero attached hydrogens (tertiary/aromatic N) is 1. The molecule has 0 saturated carbocycles. The van der Waals surface area contributed by atoms with E-state index >= 15 is 0 Å². The van der Waals surface area contributed by atoms with Gasteiger partial charge >= 0.3 is 0 Å². The van der Waals surface area contributed by atoms with Crippen molar-refractivity contribution in [1.29, 1.82) is 0 Å². The molecule has 17 heavy (non-hydrogen) atoms. The second kappa shape index (κ2) is 5.01. The van der Waals surface area contributed by atoms with E-state index in [0.717, 1.165) is 22.8 Å². The molecule has 0 spiro atoms. The monoisotopic (exact) mass is 231 g/mol. The Morgan fingerprint density at radius 2 is 2.18 bits per heavy atom. The Morgan fingerprint density at radius 1 is 1.35 bits per heavy atom. The maximum atomic E-state index is 5.70. The molecule has 0 aliphatic rings. The summed E-state index contributed by atoms with van der Waals surface area (Å²) in [6.07, 6.45) is 1.74. The Hall–Kier alpha value is -1.81. The lowest BCUT2D eigenvalue weighted by Gasteiger charge is -2.08. The minimum Gasteiger partial charge on any atom is -0.485 e. The van der Waals surface area contributed by atoms with E-state index in [9.17, 15) is 0 Å². The predicted molar refractivity (Wildman–Crippen MR) is 66.7 cm³/mol. The van der Waals surface area contributed by atoms with Crippen molar-refractivity contribution < 1.29 is 4.74 Å². The highest BCUT2D eigenvalue weighted by Crippen LogP contribution is 2.19. The van der Waals surface area contributed by atoms with Crippen molar-refractivity contribution in [3.05, 3.63) is 47.0 Å². The number of aromatic nitrogens is 2. The van der Waals surface area contributed by atoms with E-state index < -0.39 is 0 Å². The molecule has 4 nitrogen and oxygen atoms in total. The van der Waals surface area contributed by atoms with Crippen molar-refractivity contribution in [3.8, 4) is 5.75 Å². The van der Waals surface area contributed by atoms with Crippen molar-refractivity contribution in [2.24, 2.45) is 5.73 Å². The fourth-order valence-corrected chi connectivity index (χ4v) is 1.69. The lowest BCUT2D eigenvalue weighted by molar-refractivity contribution is 0.295. The van der Waals surface area contributed by atoms with Gasteiger partial charge in [-0.1, -0.05) is 17.7 Å². The zero-order chi connectivity index (χ0) is 12.3. The minimum atomic E-state index is 0.434. The number of rotatable bonds is 4. The normalized spacial score (nSPS) is 10.5. The van der Waals surface area contributed by atoms with Crippen LogP contribution in [-0.4, -0.2) is 9.97 Å². The second-order valence-corrected chi connectivity index (χ2v) is 4.12. The lowest BCUT2D eigenvalue weighted by atomic mass is 10.1. The van der Waals surface area contributed by atoms with Gasteiger partial charge in [0.05, 0.1) is 0 Å². The number of nitrogens with one attached hydrogen (secondary N) is 1. The highest BCUT2D eigenvalue weighted by Gasteiger charge is 2.03. The first kappa shape index (κ1) is 11.7. The van der Waals surface area contributed by atoms with Gasteiger partial charge in [-0.05, 0) is 25.5 Å². The van der Waals surface area contributed by atoms with Gasteiger partial charge in [-0.3, -0.25) is 0 Å². The van der Waals surface area contributed by atoms with E-state index in [0.29, 0.717) is 13.2 Å². The predicted octanol–water partition coefficient (Wildman–Crippen LogP) is 2.06. The molecule has 0 unspecified atom stereocenters. The molecule has 0 amide bonds. The fraction of sp³-hybridized carbons (Fsp3) is 0.308. The number of nitrogens with two attached hydrogens (primary N) is 1. The average Bonchev–Trinajstić information content (AvgIpc) is 2.76. The fourth-order valence-electron chi connectivity index (χ4n) is 1.69. The van der Waals surface area contributed by atoms with E-state index in [4.69, 9.17) is 10.5 Å². The lowest BCUT2D eigenvalue weighted by Crippen LogP contribution is -2.00. The Labute approximate surface area is 101 Å². The zero-order valence-corrected chi connectivity index (χ0v) is 10.2. The van der Waals surface area contributed by atoms with Crippen LogP contribution in [0, 0.1) is 13.8 Å². The van der Waals surface area contributed by atoms with Gasteiger partial charge in [-0.15, -0.1) is 0 Å². The summed E-state index contributed by atoms with van der Waals surface area (Å²) in [6, 6.07) is 6.12. The van der Waals surface area contributed by atoms with Crippen LogP contribution in [0.5, 0.6) is 5.75 Å². The third-order valence-electron chi connectivity index (χ3n) is 2.60. The second-order valence-electron chi connectivity index (χ2n) is 4.12. The molecule has 1 aromatic heterocycles. The van der Waals surface area contributed by atoms with Crippen LogP contribution < -0.4 is 10.5 Å². The summed E-state index contributed by atoms with van der Waals surface area (Å²) in [4.78, 5) is 7.29. The van der Waals surface area contributed by atoms with Crippen molar-refractivity contribution in [1.82, 2.24) is 9.97 Å². The summed E-state index contributed by atoms with van der Waals surface area (Å²) in [5.41, 5.74) is 8.79. The van der Waals surface area contributed by atoms with Crippen LogP contribution in [0.1, 0.15) is 22.6 Å². The van der Waals surface area contributed by atoms with Crippen molar-refractivity contribution in [2.75, 3.05) is 0 Å². The number of hydrogen-bond donors (Lipinski definition) is 2. The number of aryl methyl sites for hydroxylation is 2. The summed E-state index contributed by atoms with van der Waals surface area (Å²) in [6.45, 7) is 5.01. The van der Waals surface area contributed by atoms with Gasteiger partial charge < -0.3 is 15.5 Å². The number of ether oxygens (including phenoxy) is 1. The van der Waals surface area contributed by atoms with Gasteiger partial charge in [0.15, 0.2) is 0 Å². The van der Waals surface area contributed by atoms with Crippen LogP contribution >= 0.6 is 0 Å². The molecule has 90 valence electrons. The molecule has 0 saturated heterocycles. The van der Waals surface area contributed by atoms with E-state index in [1.54, 1.807) is 6.20 Å². The smallest absolute Gasteiger partial charge is 0.146 e. The highest BCUT2D eigenvalue weighted by atomic mass is 16.5. The maximum absolute atomic E-state index is 5.70. The van der Waals surface area contributed by atoms with E-state index in [1.807, 2.05) is 19.1 Å². The zero-order valence-electron chi connectivity index (χ0n) is 10.2. The van der Waals surface area contributed by atoms with Crippen LogP contribution in [0.3, 0.4) is 0 Å². The molecule has 0 aliphatic heterocycles. The molecule has 0 radical (unpaired) electrons. The first-order valence-corrected chi connectivity index (χ1v) is 5.62. The van der Waals surface area contributed by atoms with Crippen LogP contribution in [0.25, 0.3) is 0 Å². The molecule has 0 atom stereocenters. The van der Waals surface area contributed by atoms with Gasteiger partial charge in [0, 0.05) is 18.4 Å². The molecule has 0 aliphatic carbocycles. The molecule has 2 aromatic rings. The van der Waals surface area contributed by atoms with Gasteiger partial charge in [-0.25, -0.2) is 4.98 Å². The molecular weight excluding hydrogens is 214 g/mol. The van der Waals surface area contributed by atoms with E-state index in [2.05, 4.69) is 23.0 Å². The number of hydrogen-bond acceptors (Lipinski definition) is 3. The van der Waals surface area contributed by atoms with E-state index in [1.165, 1.54) is 5.56 Å². The van der Waals surface area contributed by atoms with Crippen LogP contribution in [-0.2, 0) is 13.2 Å². The van der Waals surface area contributed by atoms with Gasteiger partial charge in [0.1, 0.15) is 18.2 Å². The Kier molecular flexibility index (Phi) is 3.44. The van der Waals surface area contributed by atoms with Crippen molar-refractivity contribution in [3.63, 3.8) is 0 Å². The molecule has 0 fully saturated rings. The summed E-state index contributed by atoms with van der Waals surface area (Å²) in [5.74, 6) is 1.69. The maximum Gasteiger partial charge on any atom is 0.146 e. The summed E-state index contributed by atoms with van der Waals surface area (Å²) < 4.78 is 5.70. The molecule has 4 heteroatoms. The summed E-state index contributed by atoms with van der Waals surface area (Å²) >= 11 is 0. The Balaban J connectivity index is 2.02. The molecule has 0 bridgehead atoms. The number of H-pyrrole nitrogens is 1. The Morgan fingerprint density at radius 3 is 2.82 bits per heavy atom. The quantitative estimate of drug-likeness (QED) is 0.846. The Bertz CT molecular complexity index is 505. The first-order chi connectivity index (χ1) is 8.19. The molecule has 1 aromatic carbocycles. The SMILES string of the molecule is Cc1ccc(OCc2ncc(CN)[nH]2)c(C)c1. The van der Waals surface area contributed by atoms with E-state index in [-0.39, 0.29) is 0 Å².